The molecule has 1 rings (SSSR count). The summed E-state index contributed by atoms with van der Waals surface area (Å²) < 4.78 is 5.02. The fourth-order valence-electron chi connectivity index (χ4n) is 0.877. The number of guanidine groups is 1. The van der Waals surface area contributed by atoms with Crippen LogP contribution < -0.4 is 16.0 Å². The van der Waals surface area contributed by atoms with Gasteiger partial charge in [-0.25, -0.2) is 10.5 Å². The molecule has 0 unspecified atom stereocenters. The van der Waals surface area contributed by atoms with E-state index in [1.807, 2.05) is 6.07 Å². The summed E-state index contributed by atoms with van der Waals surface area (Å²) in [4.78, 5) is 3.86. The van der Waals surface area contributed by atoms with E-state index in [9.17, 15) is 0 Å². The zero-order valence-electron chi connectivity index (χ0n) is 7.19. The maximum atomic E-state index is 8.41. The van der Waals surface area contributed by atoms with Crippen LogP contribution in [0.25, 0.3) is 0 Å². The number of hydroxylamine groups is 1. The van der Waals surface area contributed by atoms with Crippen LogP contribution in [0.5, 0.6) is 5.75 Å². The summed E-state index contributed by atoms with van der Waals surface area (Å²) in [6, 6.07) is 7.10. The van der Waals surface area contributed by atoms with Gasteiger partial charge in [-0.1, -0.05) is 12.1 Å². The molecule has 1 aromatic carbocycles. The number of nitrogens with zero attached hydrogens (tertiary/aromatic N) is 1. The molecule has 0 aliphatic heterocycles. The Balaban J connectivity index is 2.99. The number of aliphatic imine (C=N–C) groups is 1. The SMILES string of the molecule is COc1ccccc1N=C(N)NO. The van der Waals surface area contributed by atoms with Crippen molar-refractivity contribution in [2.24, 2.45) is 10.7 Å². The summed E-state index contributed by atoms with van der Waals surface area (Å²) in [5.41, 5.74) is 7.56. The smallest absolute Gasteiger partial charge is 0.218 e. The maximum absolute atomic E-state index is 8.41. The van der Waals surface area contributed by atoms with Gasteiger partial charge < -0.3 is 10.5 Å². The van der Waals surface area contributed by atoms with Crippen molar-refractivity contribution in [2.45, 2.75) is 0 Å². The highest BCUT2D eigenvalue weighted by atomic mass is 16.5. The number of ether oxygens (including phenoxy) is 1. The molecule has 0 aliphatic carbocycles. The van der Waals surface area contributed by atoms with Gasteiger partial charge in [-0.15, -0.1) is 0 Å². The number of nitrogens with one attached hydrogen (secondary N) is 1. The summed E-state index contributed by atoms with van der Waals surface area (Å²) in [6.07, 6.45) is 0. The van der Waals surface area contributed by atoms with Crippen LogP contribution in [-0.2, 0) is 0 Å². The lowest BCUT2D eigenvalue weighted by Gasteiger charge is -2.03. The lowest BCUT2D eigenvalue weighted by atomic mass is 10.3. The van der Waals surface area contributed by atoms with E-state index in [1.165, 1.54) is 7.11 Å². The summed E-state index contributed by atoms with van der Waals surface area (Å²) >= 11 is 0. The van der Waals surface area contributed by atoms with Gasteiger partial charge in [-0.3, -0.25) is 5.21 Å². The number of benzene rings is 1. The van der Waals surface area contributed by atoms with E-state index >= 15 is 0 Å². The molecule has 0 fully saturated rings. The zero-order chi connectivity index (χ0) is 9.68. The Morgan fingerprint density at radius 3 is 2.85 bits per heavy atom. The van der Waals surface area contributed by atoms with Gasteiger partial charge >= 0.3 is 0 Å². The molecule has 0 amide bonds. The molecule has 0 atom stereocenters. The molecule has 0 bridgehead atoms. The maximum Gasteiger partial charge on any atom is 0.218 e. The third kappa shape index (κ3) is 2.34. The van der Waals surface area contributed by atoms with E-state index < -0.39 is 0 Å². The minimum Gasteiger partial charge on any atom is -0.494 e. The van der Waals surface area contributed by atoms with Crippen LogP contribution in [0.4, 0.5) is 5.69 Å². The second-order valence-electron chi connectivity index (χ2n) is 2.28. The molecule has 4 N–H and O–H groups in total. The van der Waals surface area contributed by atoms with E-state index in [1.54, 1.807) is 23.7 Å². The van der Waals surface area contributed by atoms with Crippen LogP contribution in [-0.4, -0.2) is 18.3 Å². The van der Waals surface area contributed by atoms with Gasteiger partial charge in [0.1, 0.15) is 11.4 Å². The van der Waals surface area contributed by atoms with E-state index in [0.29, 0.717) is 11.4 Å². The van der Waals surface area contributed by atoms with Crippen molar-refractivity contribution < 1.29 is 9.94 Å². The Kier molecular flexibility index (Phi) is 3.10. The van der Waals surface area contributed by atoms with Gasteiger partial charge in [0.15, 0.2) is 0 Å². The molecular weight excluding hydrogens is 170 g/mol. The molecule has 0 saturated carbocycles. The Morgan fingerprint density at radius 1 is 1.54 bits per heavy atom. The highest BCUT2D eigenvalue weighted by Gasteiger charge is 1.99. The largest absolute Gasteiger partial charge is 0.494 e. The number of rotatable bonds is 2. The summed E-state index contributed by atoms with van der Waals surface area (Å²) in [5, 5.41) is 8.41. The highest BCUT2D eigenvalue weighted by Crippen LogP contribution is 2.25. The molecule has 70 valence electrons. The fourth-order valence-corrected chi connectivity index (χ4v) is 0.877. The van der Waals surface area contributed by atoms with Crippen LogP contribution in [0.2, 0.25) is 0 Å². The van der Waals surface area contributed by atoms with E-state index in [0.717, 1.165) is 0 Å². The first kappa shape index (κ1) is 9.34. The first-order valence-corrected chi connectivity index (χ1v) is 3.65. The molecule has 0 spiro atoms. The highest BCUT2D eigenvalue weighted by molar-refractivity contribution is 5.80. The number of methoxy groups -OCH3 is 1. The minimum atomic E-state index is -0.0792. The average molecular weight is 181 g/mol. The van der Waals surface area contributed by atoms with Crippen molar-refractivity contribution in [1.29, 1.82) is 0 Å². The Hall–Kier alpha value is -1.75. The predicted octanol–water partition coefficient (Wildman–Crippen LogP) is 0.620. The van der Waals surface area contributed by atoms with Gasteiger partial charge in [0.25, 0.3) is 0 Å². The Bertz CT molecular complexity index is 312. The molecule has 0 aromatic heterocycles. The van der Waals surface area contributed by atoms with Gasteiger partial charge in [0, 0.05) is 0 Å². The third-order valence-electron chi connectivity index (χ3n) is 1.44. The van der Waals surface area contributed by atoms with Crippen LogP contribution in [0, 0.1) is 0 Å². The van der Waals surface area contributed by atoms with Crippen LogP contribution >= 0.6 is 0 Å². The monoisotopic (exact) mass is 181 g/mol. The van der Waals surface area contributed by atoms with Gasteiger partial charge in [-0.05, 0) is 12.1 Å². The molecule has 13 heavy (non-hydrogen) atoms. The number of hydrogen-bond acceptors (Lipinski definition) is 3. The molecule has 0 radical (unpaired) electrons. The van der Waals surface area contributed by atoms with Crippen molar-refractivity contribution in [3.05, 3.63) is 24.3 Å². The Morgan fingerprint density at radius 2 is 2.23 bits per heavy atom. The van der Waals surface area contributed by atoms with Gasteiger partial charge in [0.2, 0.25) is 5.96 Å². The van der Waals surface area contributed by atoms with Crippen molar-refractivity contribution in [3.63, 3.8) is 0 Å². The normalized spacial score (nSPS) is 11.1. The summed E-state index contributed by atoms with van der Waals surface area (Å²) in [6.45, 7) is 0. The Labute approximate surface area is 75.8 Å². The van der Waals surface area contributed by atoms with E-state index in [-0.39, 0.29) is 5.96 Å². The van der Waals surface area contributed by atoms with Crippen molar-refractivity contribution in [2.75, 3.05) is 7.11 Å². The standard InChI is InChI=1S/C8H11N3O2/c1-13-7-5-3-2-4-6(7)10-8(9)11-12/h2-5,12H,1H3,(H3,9,10,11). The average Bonchev–Trinajstić information content (AvgIpc) is 2.18. The molecule has 0 aliphatic rings. The minimum absolute atomic E-state index is 0.0792. The first-order valence-electron chi connectivity index (χ1n) is 3.65. The molecule has 5 heteroatoms. The van der Waals surface area contributed by atoms with Crippen LogP contribution in [0.1, 0.15) is 0 Å². The molecule has 5 nitrogen and oxygen atoms in total. The van der Waals surface area contributed by atoms with Crippen molar-refractivity contribution >= 4 is 11.6 Å². The first-order chi connectivity index (χ1) is 6.27. The van der Waals surface area contributed by atoms with E-state index in [4.69, 9.17) is 15.7 Å². The zero-order valence-corrected chi connectivity index (χ0v) is 7.19. The molecule has 0 heterocycles. The second-order valence-corrected chi connectivity index (χ2v) is 2.28. The van der Waals surface area contributed by atoms with Gasteiger partial charge in [-0.2, -0.15) is 0 Å². The van der Waals surface area contributed by atoms with Crippen LogP contribution in [0.15, 0.2) is 29.3 Å². The second kappa shape index (κ2) is 4.32. The quantitative estimate of drug-likeness (QED) is 0.355. The lowest BCUT2D eigenvalue weighted by molar-refractivity contribution is 0.233. The lowest BCUT2D eigenvalue weighted by Crippen LogP contribution is -2.27. The fraction of sp³-hybridized carbons (Fsp3) is 0.125. The van der Waals surface area contributed by atoms with Crippen molar-refractivity contribution in [3.8, 4) is 5.75 Å². The third-order valence-corrected chi connectivity index (χ3v) is 1.44. The van der Waals surface area contributed by atoms with E-state index in [2.05, 4.69) is 4.99 Å². The topological polar surface area (TPSA) is 79.9 Å². The number of nitrogens with two attached hydrogens (primary N) is 1. The van der Waals surface area contributed by atoms with Gasteiger partial charge in [0.05, 0.1) is 7.11 Å². The molecule has 1 aromatic rings. The summed E-state index contributed by atoms with van der Waals surface area (Å²) in [7, 11) is 1.54. The predicted molar refractivity (Wildman–Crippen MR) is 49.2 cm³/mol. The number of para-hydroxylation sites is 2. The summed E-state index contributed by atoms with van der Waals surface area (Å²) in [5.74, 6) is 0.519. The van der Waals surface area contributed by atoms with Crippen LogP contribution in [0.3, 0.4) is 0 Å². The number of hydrogen-bond donors (Lipinski definition) is 3. The molecular formula is C8H11N3O2. The van der Waals surface area contributed by atoms with Crippen molar-refractivity contribution in [1.82, 2.24) is 5.48 Å². The molecule has 0 saturated heterocycles.